The molecule has 0 saturated carbocycles. The van der Waals surface area contributed by atoms with Gasteiger partial charge in [-0.25, -0.2) is 4.39 Å². The van der Waals surface area contributed by atoms with Crippen LogP contribution in [0.25, 0.3) is 0 Å². The lowest BCUT2D eigenvalue weighted by Gasteiger charge is -2.04. The Morgan fingerprint density at radius 1 is 1.27 bits per heavy atom. The monoisotopic (exact) mass is 209 g/mol. The minimum absolute atomic E-state index is 0.0621. The lowest BCUT2D eigenvalue weighted by Crippen LogP contribution is -2.21. The van der Waals surface area contributed by atoms with E-state index in [0.717, 1.165) is 12.0 Å². The Kier molecular flexibility index (Phi) is 4.81. The summed E-state index contributed by atoms with van der Waals surface area (Å²) in [5.74, 6) is 0.0621. The summed E-state index contributed by atoms with van der Waals surface area (Å²) in [5, 5.41) is 2.80. The first-order chi connectivity index (χ1) is 7.26. The van der Waals surface area contributed by atoms with Gasteiger partial charge in [0.15, 0.2) is 0 Å². The number of carbonyl (C=O) groups excluding carboxylic acids is 1. The fraction of sp³-hybridized carbons (Fsp3) is 0.417. The van der Waals surface area contributed by atoms with E-state index >= 15 is 0 Å². The third kappa shape index (κ3) is 4.11. The average Bonchev–Trinajstić information content (AvgIpc) is 2.27. The minimum atomic E-state index is -0.442. The van der Waals surface area contributed by atoms with E-state index in [-0.39, 0.29) is 5.91 Å². The number of hydrogen-bond donors (Lipinski definition) is 1. The van der Waals surface area contributed by atoms with E-state index in [0.29, 0.717) is 18.5 Å². The molecule has 3 heteroatoms. The van der Waals surface area contributed by atoms with E-state index < -0.39 is 6.67 Å². The molecule has 15 heavy (non-hydrogen) atoms. The molecule has 0 spiro atoms. The predicted octanol–water partition coefficient (Wildman–Crippen LogP) is 2.57. The smallest absolute Gasteiger partial charge is 0.220 e. The zero-order valence-electron chi connectivity index (χ0n) is 8.92. The van der Waals surface area contributed by atoms with Crippen LogP contribution in [0.1, 0.15) is 30.9 Å². The van der Waals surface area contributed by atoms with Crippen LogP contribution in [0.3, 0.4) is 0 Å². The van der Waals surface area contributed by atoms with E-state index in [1.807, 2.05) is 19.1 Å². The third-order valence-corrected chi connectivity index (χ3v) is 2.14. The number of rotatable bonds is 5. The van der Waals surface area contributed by atoms with Gasteiger partial charge in [0, 0.05) is 13.0 Å². The quantitative estimate of drug-likeness (QED) is 0.793. The summed E-state index contributed by atoms with van der Waals surface area (Å²) in [7, 11) is 0. The molecule has 0 unspecified atom stereocenters. The first-order valence-corrected chi connectivity index (χ1v) is 5.16. The molecule has 1 rings (SSSR count). The second-order valence-electron chi connectivity index (χ2n) is 3.48. The number of alkyl halides is 1. The van der Waals surface area contributed by atoms with Gasteiger partial charge in [0.25, 0.3) is 0 Å². The van der Waals surface area contributed by atoms with E-state index in [9.17, 15) is 9.18 Å². The summed E-state index contributed by atoms with van der Waals surface area (Å²) in [4.78, 5) is 11.2. The standard InChI is InChI=1S/C12H16FNO/c1-2-3-12(15)14-9-11-6-4-10(8-13)5-7-11/h4-7H,2-3,8-9H2,1H3,(H,14,15). The van der Waals surface area contributed by atoms with Gasteiger partial charge in [0.05, 0.1) is 0 Å². The maximum absolute atomic E-state index is 12.2. The van der Waals surface area contributed by atoms with Crippen LogP contribution in [-0.2, 0) is 18.0 Å². The van der Waals surface area contributed by atoms with E-state index in [1.165, 1.54) is 0 Å². The lowest BCUT2D eigenvalue weighted by atomic mass is 10.1. The number of hydrogen-bond acceptors (Lipinski definition) is 1. The van der Waals surface area contributed by atoms with Gasteiger partial charge in [0.2, 0.25) is 5.91 Å². The average molecular weight is 209 g/mol. The van der Waals surface area contributed by atoms with Crippen LogP contribution in [0.5, 0.6) is 0 Å². The first kappa shape index (κ1) is 11.7. The normalized spacial score (nSPS) is 10.0. The molecule has 0 aliphatic carbocycles. The van der Waals surface area contributed by atoms with Gasteiger partial charge in [-0.05, 0) is 17.5 Å². The van der Waals surface area contributed by atoms with Crippen molar-refractivity contribution in [1.82, 2.24) is 5.32 Å². The summed E-state index contributed by atoms with van der Waals surface area (Å²) in [6.07, 6.45) is 1.41. The summed E-state index contributed by atoms with van der Waals surface area (Å²) >= 11 is 0. The SMILES string of the molecule is CCCC(=O)NCc1ccc(CF)cc1. The molecule has 0 bridgehead atoms. The fourth-order valence-corrected chi connectivity index (χ4v) is 1.26. The van der Waals surface area contributed by atoms with Crippen molar-refractivity contribution in [3.05, 3.63) is 35.4 Å². The highest BCUT2D eigenvalue weighted by molar-refractivity contribution is 5.75. The van der Waals surface area contributed by atoms with Crippen molar-refractivity contribution in [3.8, 4) is 0 Å². The molecule has 0 radical (unpaired) electrons. The summed E-state index contributed by atoms with van der Waals surface area (Å²) < 4.78 is 12.2. The minimum Gasteiger partial charge on any atom is -0.352 e. The van der Waals surface area contributed by atoms with Gasteiger partial charge in [-0.15, -0.1) is 0 Å². The van der Waals surface area contributed by atoms with Gasteiger partial charge in [-0.2, -0.15) is 0 Å². The van der Waals surface area contributed by atoms with Crippen LogP contribution in [-0.4, -0.2) is 5.91 Å². The fourth-order valence-electron chi connectivity index (χ4n) is 1.26. The van der Waals surface area contributed by atoms with Gasteiger partial charge < -0.3 is 5.32 Å². The van der Waals surface area contributed by atoms with Crippen molar-refractivity contribution in [2.75, 3.05) is 0 Å². The number of carbonyl (C=O) groups is 1. The zero-order valence-corrected chi connectivity index (χ0v) is 8.92. The van der Waals surface area contributed by atoms with Gasteiger partial charge in [-0.1, -0.05) is 31.2 Å². The molecule has 1 aromatic carbocycles. The van der Waals surface area contributed by atoms with Gasteiger partial charge >= 0.3 is 0 Å². The van der Waals surface area contributed by atoms with Crippen LogP contribution >= 0.6 is 0 Å². The molecule has 0 aromatic heterocycles. The molecule has 1 amide bonds. The van der Waals surface area contributed by atoms with Crippen molar-refractivity contribution in [1.29, 1.82) is 0 Å². The summed E-state index contributed by atoms with van der Waals surface area (Å²) in [6.45, 7) is 2.05. The Bertz CT molecular complexity index is 308. The van der Waals surface area contributed by atoms with Crippen LogP contribution in [0.4, 0.5) is 4.39 Å². The van der Waals surface area contributed by atoms with Gasteiger partial charge in [-0.3, -0.25) is 4.79 Å². The maximum atomic E-state index is 12.2. The zero-order chi connectivity index (χ0) is 11.1. The molecule has 0 aliphatic rings. The summed E-state index contributed by atoms with van der Waals surface area (Å²) in [6, 6.07) is 7.14. The molecule has 1 aromatic rings. The van der Waals surface area contributed by atoms with Crippen LogP contribution < -0.4 is 5.32 Å². The van der Waals surface area contributed by atoms with E-state index in [1.54, 1.807) is 12.1 Å². The predicted molar refractivity (Wildman–Crippen MR) is 58.0 cm³/mol. The molecule has 2 nitrogen and oxygen atoms in total. The topological polar surface area (TPSA) is 29.1 Å². The Balaban J connectivity index is 2.40. The molecular weight excluding hydrogens is 193 g/mol. The Hall–Kier alpha value is -1.38. The molecular formula is C12H16FNO. The Labute approximate surface area is 89.5 Å². The lowest BCUT2D eigenvalue weighted by molar-refractivity contribution is -0.121. The van der Waals surface area contributed by atoms with Crippen LogP contribution in [0.15, 0.2) is 24.3 Å². The highest BCUT2D eigenvalue weighted by Gasteiger charge is 1.99. The number of amides is 1. The number of benzene rings is 1. The molecule has 0 fully saturated rings. The molecule has 0 atom stereocenters. The first-order valence-electron chi connectivity index (χ1n) is 5.16. The van der Waals surface area contributed by atoms with Crippen LogP contribution in [0, 0.1) is 0 Å². The summed E-state index contributed by atoms with van der Waals surface area (Å²) in [5.41, 5.74) is 1.66. The van der Waals surface area contributed by atoms with E-state index in [2.05, 4.69) is 5.32 Å². The molecule has 1 N–H and O–H groups in total. The van der Waals surface area contributed by atoms with Crippen molar-refractivity contribution >= 4 is 5.91 Å². The van der Waals surface area contributed by atoms with Crippen molar-refractivity contribution in [3.63, 3.8) is 0 Å². The van der Waals surface area contributed by atoms with E-state index in [4.69, 9.17) is 0 Å². The third-order valence-electron chi connectivity index (χ3n) is 2.14. The number of nitrogens with one attached hydrogen (secondary N) is 1. The molecule has 0 heterocycles. The molecule has 0 saturated heterocycles. The van der Waals surface area contributed by atoms with Crippen LogP contribution in [0.2, 0.25) is 0 Å². The second-order valence-corrected chi connectivity index (χ2v) is 3.48. The number of halogens is 1. The highest BCUT2D eigenvalue weighted by atomic mass is 19.1. The molecule has 82 valence electrons. The maximum Gasteiger partial charge on any atom is 0.220 e. The largest absolute Gasteiger partial charge is 0.352 e. The van der Waals surface area contributed by atoms with Crippen molar-refractivity contribution < 1.29 is 9.18 Å². The highest BCUT2D eigenvalue weighted by Crippen LogP contribution is 2.05. The van der Waals surface area contributed by atoms with Crippen molar-refractivity contribution in [2.45, 2.75) is 33.0 Å². The second kappa shape index (κ2) is 6.17. The Morgan fingerprint density at radius 3 is 2.40 bits per heavy atom. The van der Waals surface area contributed by atoms with Crippen molar-refractivity contribution in [2.24, 2.45) is 0 Å². The Morgan fingerprint density at radius 2 is 1.87 bits per heavy atom. The molecule has 0 aliphatic heterocycles. The van der Waals surface area contributed by atoms with Gasteiger partial charge in [0.1, 0.15) is 6.67 Å².